The maximum Gasteiger partial charge on any atom is 0.295 e. The van der Waals surface area contributed by atoms with Gasteiger partial charge in [0.15, 0.2) is 11.5 Å². The van der Waals surface area contributed by atoms with E-state index in [0.29, 0.717) is 55.2 Å². The zero-order valence-corrected chi connectivity index (χ0v) is 24.9. The fourth-order valence-electron chi connectivity index (χ4n) is 5.89. The van der Waals surface area contributed by atoms with E-state index in [1.165, 1.54) is 0 Å². The number of ketones is 1. The summed E-state index contributed by atoms with van der Waals surface area (Å²) in [5, 5.41) is 11.7. The van der Waals surface area contributed by atoms with Gasteiger partial charge < -0.3 is 24.2 Å². The maximum atomic E-state index is 13.7. The van der Waals surface area contributed by atoms with Crippen molar-refractivity contribution in [1.82, 2.24) is 4.90 Å². The van der Waals surface area contributed by atoms with Gasteiger partial charge in [0.25, 0.3) is 11.7 Å². The fraction of sp³-hybridized carbons (Fsp3) is 0.243. The molecule has 44 heavy (non-hydrogen) atoms. The second-order valence-corrected chi connectivity index (χ2v) is 11.1. The van der Waals surface area contributed by atoms with E-state index in [9.17, 15) is 14.7 Å². The number of ether oxygens (including phenoxy) is 3. The van der Waals surface area contributed by atoms with Crippen molar-refractivity contribution in [3.05, 3.63) is 130 Å². The predicted octanol–water partition coefficient (Wildman–Crippen LogP) is 6.65. The molecule has 2 aliphatic rings. The fourth-order valence-corrected chi connectivity index (χ4v) is 5.89. The normalized spacial score (nSPS) is 18.6. The van der Waals surface area contributed by atoms with E-state index in [4.69, 9.17) is 14.2 Å². The van der Waals surface area contributed by atoms with Crippen molar-refractivity contribution in [2.24, 2.45) is 0 Å². The minimum absolute atomic E-state index is 0.0329. The number of carbonyl (C=O) groups is 2. The van der Waals surface area contributed by atoms with Crippen molar-refractivity contribution in [2.45, 2.75) is 45.4 Å². The Hall–Kier alpha value is -5.04. The Bertz CT molecular complexity index is 1700. The summed E-state index contributed by atoms with van der Waals surface area (Å²) in [7, 11) is 0. The third-order valence-electron chi connectivity index (χ3n) is 8.01. The molecule has 0 aromatic heterocycles. The van der Waals surface area contributed by atoms with Gasteiger partial charge in [-0.15, -0.1) is 0 Å². The molecule has 0 bridgehead atoms. The molecule has 4 aromatic carbocycles. The summed E-state index contributed by atoms with van der Waals surface area (Å²) < 4.78 is 17.9. The molecular formula is C37H35NO6. The first-order valence-electron chi connectivity index (χ1n) is 15.0. The summed E-state index contributed by atoms with van der Waals surface area (Å²) in [5.41, 5.74) is 4.18. The van der Waals surface area contributed by atoms with Crippen molar-refractivity contribution in [3.8, 4) is 17.2 Å². The molecule has 2 heterocycles. The number of hydrogen-bond donors (Lipinski definition) is 1. The largest absolute Gasteiger partial charge is 0.507 e. The van der Waals surface area contributed by atoms with Gasteiger partial charge in [-0.2, -0.15) is 0 Å². The van der Waals surface area contributed by atoms with Crippen LogP contribution >= 0.6 is 0 Å². The molecule has 2 atom stereocenters. The van der Waals surface area contributed by atoms with Gasteiger partial charge in [0.05, 0.1) is 18.2 Å². The lowest BCUT2D eigenvalue weighted by atomic mass is 9.94. The van der Waals surface area contributed by atoms with Crippen molar-refractivity contribution < 1.29 is 28.9 Å². The molecule has 1 N–H and O–H groups in total. The molecule has 0 saturated carbocycles. The van der Waals surface area contributed by atoms with E-state index >= 15 is 0 Å². The number of likely N-dealkylation sites (tertiary alicyclic amines) is 1. The van der Waals surface area contributed by atoms with E-state index in [1.807, 2.05) is 86.6 Å². The number of aliphatic hydroxyl groups is 1. The molecule has 1 fully saturated rings. The van der Waals surface area contributed by atoms with Crippen LogP contribution in [0, 0.1) is 0 Å². The van der Waals surface area contributed by atoms with Crippen LogP contribution in [-0.2, 0) is 29.0 Å². The Morgan fingerprint density at radius 3 is 2.34 bits per heavy atom. The molecule has 0 aliphatic carbocycles. The molecule has 1 amide bonds. The molecule has 4 aromatic rings. The Kier molecular flexibility index (Phi) is 8.37. The second-order valence-electron chi connectivity index (χ2n) is 11.1. The average Bonchev–Trinajstić information content (AvgIpc) is 3.54. The van der Waals surface area contributed by atoms with Gasteiger partial charge in [0.2, 0.25) is 0 Å². The zero-order valence-electron chi connectivity index (χ0n) is 24.9. The molecule has 224 valence electrons. The molecule has 7 nitrogen and oxygen atoms in total. The first-order valence-corrected chi connectivity index (χ1v) is 15.0. The van der Waals surface area contributed by atoms with Crippen molar-refractivity contribution in [1.29, 1.82) is 0 Å². The zero-order chi connectivity index (χ0) is 30.6. The highest BCUT2D eigenvalue weighted by Gasteiger charge is 2.46. The summed E-state index contributed by atoms with van der Waals surface area (Å²) >= 11 is 0. The molecule has 0 spiro atoms. The second kappa shape index (κ2) is 12.7. The Morgan fingerprint density at radius 1 is 0.886 bits per heavy atom. The predicted molar refractivity (Wildman–Crippen MR) is 168 cm³/mol. The minimum Gasteiger partial charge on any atom is -0.507 e. The van der Waals surface area contributed by atoms with Crippen LogP contribution in [0.3, 0.4) is 0 Å². The van der Waals surface area contributed by atoms with Crippen LogP contribution in [-0.4, -0.2) is 41.0 Å². The van der Waals surface area contributed by atoms with Crippen LogP contribution in [0.4, 0.5) is 0 Å². The third-order valence-corrected chi connectivity index (χ3v) is 8.01. The molecule has 0 unspecified atom stereocenters. The number of benzene rings is 4. The van der Waals surface area contributed by atoms with Crippen LogP contribution < -0.4 is 14.2 Å². The van der Waals surface area contributed by atoms with Gasteiger partial charge in [-0.05, 0) is 72.9 Å². The van der Waals surface area contributed by atoms with Gasteiger partial charge in [0.1, 0.15) is 24.2 Å². The first kappa shape index (κ1) is 29.1. The Balaban J connectivity index is 1.40. The molecule has 2 aliphatic heterocycles. The lowest BCUT2D eigenvalue weighted by Crippen LogP contribution is -2.31. The molecule has 0 radical (unpaired) electrons. The number of fused-ring (bicyclic) bond motifs is 1. The van der Waals surface area contributed by atoms with Crippen LogP contribution in [0.2, 0.25) is 0 Å². The van der Waals surface area contributed by atoms with Crippen molar-refractivity contribution in [3.63, 3.8) is 0 Å². The maximum absolute atomic E-state index is 13.7. The van der Waals surface area contributed by atoms with Crippen LogP contribution in [0.1, 0.15) is 47.7 Å². The number of carbonyl (C=O) groups excluding carboxylic acids is 2. The van der Waals surface area contributed by atoms with Crippen molar-refractivity contribution >= 4 is 17.4 Å². The van der Waals surface area contributed by atoms with E-state index in [-0.39, 0.29) is 17.4 Å². The highest BCUT2D eigenvalue weighted by molar-refractivity contribution is 6.46. The smallest absolute Gasteiger partial charge is 0.295 e. The van der Waals surface area contributed by atoms with Gasteiger partial charge in [-0.1, -0.05) is 66.7 Å². The number of aliphatic hydroxyl groups excluding tert-OH is 1. The van der Waals surface area contributed by atoms with E-state index in [2.05, 4.69) is 0 Å². The van der Waals surface area contributed by atoms with Crippen LogP contribution in [0.5, 0.6) is 17.2 Å². The summed E-state index contributed by atoms with van der Waals surface area (Å²) in [6.45, 7) is 4.92. The Morgan fingerprint density at radius 2 is 1.61 bits per heavy atom. The number of amides is 1. The summed E-state index contributed by atoms with van der Waals surface area (Å²) in [6.07, 6.45) is 1.29. The number of nitrogens with zero attached hydrogens (tertiary/aromatic N) is 1. The lowest BCUT2D eigenvalue weighted by molar-refractivity contribution is -0.139. The number of Topliss-reactive ketones (excluding diaryl/α,β-unsaturated/α-hetero) is 1. The molecule has 7 heteroatoms. The first-order chi connectivity index (χ1) is 21.4. The highest BCUT2D eigenvalue weighted by atomic mass is 16.5. The third kappa shape index (κ3) is 5.91. The van der Waals surface area contributed by atoms with E-state index in [0.717, 1.165) is 22.4 Å². The quantitative estimate of drug-likeness (QED) is 0.127. The van der Waals surface area contributed by atoms with Gasteiger partial charge in [-0.3, -0.25) is 9.59 Å². The Labute approximate surface area is 257 Å². The molecule has 1 saturated heterocycles. The standard InChI is InChI=1S/C37H35NO6/c1-3-42-32-22-27(14-17-31(32)43-23-26-12-8-5-9-13-26)34-33(35(39)28-15-16-30-29(21-28)20-24(2)44-30)36(40)37(41)38(34)19-18-25-10-6-4-7-11-25/h4-17,21-22,24,34,39H,3,18-20,23H2,1-2H3/t24-,34-/m0/s1. The van der Waals surface area contributed by atoms with E-state index < -0.39 is 17.7 Å². The summed E-state index contributed by atoms with van der Waals surface area (Å²) in [6, 6.07) is 29.7. The highest BCUT2D eigenvalue weighted by Crippen LogP contribution is 2.43. The van der Waals surface area contributed by atoms with Gasteiger partial charge >= 0.3 is 0 Å². The van der Waals surface area contributed by atoms with Crippen LogP contribution in [0.25, 0.3) is 5.76 Å². The molecular weight excluding hydrogens is 554 g/mol. The molecule has 6 rings (SSSR count). The number of rotatable bonds is 10. The van der Waals surface area contributed by atoms with Gasteiger partial charge in [0, 0.05) is 18.5 Å². The number of hydrogen-bond acceptors (Lipinski definition) is 6. The summed E-state index contributed by atoms with van der Waals surface area (Å²) in [5.74, 6) is 0.245. The van der Waals surface area contributed by atoms with Gasteiger partial charge in [-0.25, -0.2) is 0 Å². The SMILES string of the molecule is CCOc1cc([C@H]2C(=C(O)c3ccc4c(c3)C[C@H](C)O4)C(=O)C(=O)N2CCc2ccccc2)ccc1OCc1ccccc1. The topological polar surface area (TPSA) is 85.3 Å². The van der Waals surface area contributed by atoms with Crippen LogP contribution in [0.15, 0.2) is 103 Å². The van der Waals surface area contributed by atoms with E-state index in [1.54, 1.807) is 29.2 Å². The van der Waals surface area contributed by atoms with Crippen molar-refractivity contribution in [2.75, 3.05) is 13.2 Å². The average molecular weight is 590 g/mol. The summed E-state index contributed by atoms with van der Waals surface area (Å²) in [4.78, 5) is 28.8. The monoisotopic (exact) mass is 589 g/mol. The lowest BCUT2D eigenvalue weighted by Gasteiger charge is -2.26. The minimum atomic E-state index is -0.815.